The van der Waals surface area contributed by atoms with Gasteiger partial charge in [0.2, 0.25) is 0 Å². The summed E-state index contributed by atoms with van der Waals surface area (Å²) in [5.41, 5.74) is 6.13. The maximum Gasteiger partial charge on any atom is 0.319 e. The molecule has 0 bridgehead atoms. The summed E-state index contributed by atoms with van der Waals surface area (Å²) in [5.74, 6) is 0. The van der Waals surface area contributed by atoms with Gasteiger partial charge in [-0.2, -0.15) is 0 Å². The van der Waals surface area contributed by atoms with E-state index >= 15 is 0 Å². The van der Waals surface area contributed by atoms with Crippen LogP contribution in [0, 0.1) is 0 Å². The topological polar surface area (TPSA) is 46.3 Å². The second-order valence-corrected chi connectivity index (χ2v) is 2.39. The van der Waals surface area contributed by atoms with Crippen molar-refractivity contribution < 1.29 is 4.79 Å². The van der Waals surface area contributed by atoms with E-state index in [1.54, 1.807) is 4.90 Å². The maximum absolute atomic E-state index is 10.8. The molecule has 1 rings (SSSR count). The van der Waals surface area contributed by atoms with Gasteiger partial charge in [-0.05, 0) is 12.5 Å². The normalized spacial score (nSPS) is 16.5. The first-order chi connectivity index (χ1) is 5.25. The predicted octanol–water partition coefficient (Wildman–Crippen LogP) is 1.23. The largest absolute Gasteiger partial charge is 0.351 e. The molecule has 1 heterocycles. The van der Waals surface area contributed by atoms with Crippen molar-refractivity contribution in [1.82, 2.24) is 4.90 Å². The Labute approximate surface area is 66.2 Å². The average Bonchev–Trinajstić information content (AvgIpc) is 2.04. The molecule has 0 spiro atoms. The first kappa shape index (κ1) is 7.85. The van der Waals surface area contributed by atoms with Gasteiger partial charge in [0.25, 0.3) is 0 Å². The third kappa shape index (κ3) is 1.61. The predicted molar refractivity (Wildman–Crippen MR) is 43.8 cm³/mol. The van der Waals surface area contributed by atoms with E-state index in [0.29, 0.717) is 6.54 Å². The molecule has 2 amide bonds. The van der Waals surface area contributed by atoms with Crippen molar-refractivity contribution in [1.29, 1.82) is 0 Å². The number of primary amides is 1. The van der Waals surface area contributed by atoms with E-state index in [4.69, 9.17) is 5.73 Å². The molecule has 0 aromatic carbocycles. The molecule has 0 aliphatic carbocycles. The highest BCUT2D eigenvalue weighted by Crippen LogP contribution is 2.12. The van der Waals surface area contributed by atoms with E-state index in [-0.39, 0.29) is 6.03 Å². The molecular weight excluding hydrogens is 140 g/mol. The molecule has 0 radical (unpaired) electrons. The Balaban J connectivity index is 2.75. The van der Waals surface area contributed by atoms with Crippen LogP contribution < -0.4 is 5.73 Å². The second-order valence-electron chi connectivity index (χ2n) is 2.39. The molecule has 0 unspecified atom stereocenters. The van der Waals surface area contributed by atoms with Crippen LogP contribution in [0.25, 0.3) is 0 Å². The molecular formula is C8H12N2O. The minimum absolute atomic E-state index is 0.373. The second kappa shape index (κ2) is 3.23. The van der Waals surface area contributed by atoms with Crippen molar-refractivity contribution in [2.24, 2.45) is 5.73 Å². The van der Waals surface area contributed by atoms with Gasteiger partial charge in [-0.15, -0.1) is 0 Å². The van der Waals surface area contributed by atoms with Crippen LogP contribution in [0.5, 0.6) is 0 Å². The highest BCUT2D eigenvalue weighted by molar-refractivity contribution is 5.74. The number of hydrogen-bond acceptors (Lipinski definition) is 1. The van der Waals surface area contributed by atoms with Gasteiger partial charge in [0.05, 0.1) is 0 Å². The standard InChI is InChI=1S/C8H12N2O/c1-2-7-5-3-4-6-10(7)8(9)11/h3-5H,2,6H2,1H3,(H2,9,11). The van der Waals surface area contributed by atoms with Crippen LogP contribution in [0.2, 0.25) is 0 Å². The summed E-state index contributed by atoms with van der Waals surface area (Å²) in [6, 6.07) is -0.373. The fourth-order valence-corrected chi connectivity index (χ4v) is 1.09. The number of hydrogen-bond donors (Lipinski definition) is 1. The minimum Gasteiger partial charge on any atom is -0.351 e. The lowest BCUT2D eigenvalue weighted by Crippen LogP contribution is -2.35. The van der Waals surface area contributed by atoms with Crippen LogP contribution in [0.4, 0.5) is 4.79 Å². The molecule has 3 heteroatoms. The van der Waals surface area contributed by atoms with Crippen LogP contribution in [0.15, 0.2) is 23.9 Å². The van der Waals surface area contributed by atoms with Crippen LogP contribution in [-0.4, -0.2) is 17.5 Å². The number of amides is 2. The number of allylic oxidation sites excluding steroid dienone is 3. The van der Waals surface area contributed by atoms with Crippen molar-refractivity contribution in [2.75, 3.05) is 6.54 Å². The Hall–Kier alpha value is -1.25. The zero-order chi connectivity index (χ0) is 8.27. The SMILES string of the molecule is CCC1=CC=CCN1C(N)=O. The van der Waals surface area contributed by atoms with E-state index < -0.39 is 0 Å². The van der Waals surface area contributed by atoms with E-state index in [1.165, 1.54) is 0 Å². The number of urea groups is 1. The van der Waals surface area contributed by atoms with E-state index in [2.05, 4.69) is 0 Å². The van der Waals surface area contributed by atoms with Crippen LogP contribution in [0.3, 0.4) is 0 Å². The molecule has 1 aliphatic rings. The smallest absolute Gasteiger partial charge is 0.319 e. The molecule has 1 aliphatic heterocycles. The number of nitrogens with two attached hydrogens (primary N) is 1. The molecule has 0 aromatic heterocycles. The monoisotopic (exact) mass is 152 g/mol. The molecule has 60 valence electrons. The minimum atomic E-state index is -0.373. The number of carbonyl (C=O) groups excluding carboxylic acids is 1. The van der Waals surface area contributed by atoms with Crippen molar-refractivity contribution in [3.63, 3.8) is 0 Å². The molecule has 0 saturated heterocycles. The Bertz CT molecular complexity index is 218. The van der Waals surface area contributed by atoms with E-state index in [1.807, 2.05) is 25.2 Å². The average molecular weight is 152 g/mol. The fraction of sp³-hybridized carbons (Fsp3) is 0.375. The first-order valence-electron chi connectivity index (χ1n) is 3.68. The third-order valence-corrected chi connectivity index (χ3v) is 1.69. The van der Waals surface area contributed by atoms with Crippen molar-refractivity contribution >= 4 is 6.03 Å². The van der Waals surface area contributed by atoms with Crippen LogP contribution in [0.1, 0.15) is 13.3 Å². The Morgan fingerprint density at radius 1 is 1.82 bits per heavy atom. The summed E-state index contributed by atoms with van der Waals surface area (Å²) in [6.07, 6.45) is 6.60. The lowest BCUT2D eigenvalue weighted by Gasteiger charge is -2.23. The fourth-order valence-electron chi connectivity index (χ4n) is 1.09. The zero-order valence-corrected chi connectivity index (χ0v) is 6.58. The summed E-state index contributed by atoms with van der Waals surface area (Å²) in [7, 11) is 0. The third-order valence-electron chi connectivity index (χ3n) is 1.69. The lowest BCUT2D eigenvalue weighted by molar-refractivity contribution is 0.223. The quantitative estimate of drug-likeness (QED) is 0.603. The van der Waals surface area contributed by atoms with E-state index in [0.717, 1.165) is 12.1 Å². The van der Waals surface area contributed by atoms with Crippen molar-refractivity contribution in [3.05, 3.63) is 23.9 Å². The summed E-state index contributed by atoms with van der Waals surface area (Å²) in [6.45, 7) is 2.61. The molecule has 11 heavy (non-hydrogen) atoms. The van der Waals surface area contributed by atoms with Gasteiger partial charge in [-0.1, -0.05) is 19.1 Å². The van der Waals surface area contributed by atoms with Crippen LogP contribution in [-0.2, 0) is 0 Å². The van der Waals surface area contributed by atoms with E-state index in [9.17, 15) is 4.79 Å². The maximum atomic E-state index is 10.8. The Morgan fingerprint density at radius 3 is 3.00 bits per heavy atom. The highest BCUT2D eigenvalue weighted by Gasteiger charge is 2.12. The van der Waals surface area contributed by atoms with Gasteiger partial charge in [0.1, 0.15) is 0 Å². The zero-order valence-electron chi connectivity index (χ0n) is 6.58. The summed E-state index contributed by atoms with van der Waals surface area (Å²) in [4.78, 5) is 12.4. The Kier molecular flexibility index (Phi) is 2.31. The molecule has 0 fully saturated rings. The number of rotatable bonds is 1. The van der Waals surface area contributed by atoms with Crippen molar-refractivity contribution in [3.8, 4) is 0 Å². The highest BCUT2D eigenvalue weighted by atomic mass is 16.2. The van der Waals surface area contributed by atoms with Gasteiger partial charge in [-0.3, -0.25) is 4.90 Å². The van der Waals surface area contributed by atoms with Gasteiger partial charge in [0.15, 0.2) is 0 Å². The first-order valence-corrected chi connectivity index (χ1v) is 3.68. The lowest BCUT2D eigenvalue weighted by atomic mass is 10.2. The van der Waals surface area contributed by atoms with Gasteiger partial charge in [0, 0.05) is 12.2 Å². The molecule has 0 atom stereocenters. The summed E-state index contributed by atoms with van der Waals surface area (Å²) < 4.78 is 0. The van der Waals surface area contributed by atoms with Gasteiger partial charge >= 0.3 is 6.03 Å². The van der Waals surface area contributed by atoms with Crippen molar-refractivity contribution in [2.45, 2.75) is 13.3 Å². The molecule has 0 saturated carbocycles. The number of carbonyl (C=O) groups is 1. The van der Waals surface area contributed by atoms with Gasteiger partial charge in [-0.25, -0.2) is 4.79 Å². The van der Waals surface area contributed by atoms with Crippen LogP contribution >= 0.6 is 0 Å². The Morgan fingerprint density at radius 2 is 2.55 bits per heavy atom. The van der Waals surface area contributed by atoms with Gasteiger partial charge < -0.3 is 5.73 Å². The molecule has 2 N–H and O–H groups in total. The molecule has 0 aromatic rings. The summed E-state index contributed by atoms with van der Waals surface area (Å²) in [5, 5.41) is 0. The summed E-state index contributed by atoms with van der Waals surface area (Å²) >= 11 is 0. The molecule has 3 nitrogen and oxygen atoms in total. The number of nitrogens with zero attached hydrogens (tertiary/aromatic N) is 1.